The van der Waals surface area contributed by atoms with E-state index in [-0.39, 0.29) is 5.91 Å². The van der Waals surface area contributed by atoms with E-state index in [9.17, 15) is 9.90 Å². The quantitative estimate of drug-likeness (QED) is 0.840. The molecule has 2 aliphatic heterocycles. The maximum Gasteiger partial charge on any atom is 0.222 e. The Morgan fingerprint density at radius 3 is 2.91 bits per heavy atom. The van der Waals surface area contributed by atoms with Crippen LogP contribution in [0, 0.1) is 0 Å². The number of hydrogen-bond donors (Lipinski definition) is 1. The van der Waals surface area contributed by atoms with Gasteiger partial charge in [-0.25, -0.2) is 4.68 Å². The predicted octanol–water partition coefficient (Wildman–Crippen LogP) is -0.0142. The number of carbonyl (C=O) groups is 1. The van der Waals surface area contributed by atoms with E-state index in [0.717, 1.165) is 38.7 Å². The van der Waals surface area contributed by atoms with Crippen LogP contribution in [0.5, 0.6) is 0 Å². The molecule has 0 bridgehead atoms. The molecule has 0 saturated carbocycles. The van der Waals surface area contributed by atoms with Crippen molar-refractivity contribution in [1.29, 1.82) is 0 Å². The lowest BCUT2D eigenvalue weighted by molar-refractivity contribution is -0.179. The Labute approximate surface area is 129 Å². The van der Waals surface area contributed by atoms with Crippen molar-refractivity contribution in [3.8, 4) is 0 Å². The summed E-state index contributed by atoms with van der Waals surface area (Å²) in [6, 6.07) is 0. The molecule has 1 atom stereocenters. The second kappa shape index (κ2) is 6.70. The van der Waals surface area contributed by atoms with Crippen LogP contribution in [-0.2, 0) is 16.1 Å². The third kappa shape index (κ3) is 3.27. The molecule has 1 N–H and O–H groups in total. The molecule has 1 amide bonds. The summed E-state index contributed by atoms with van der Waals surface area (Å²) in [5.41, 5.74) is -0.415. The fraction of sp³-hybridized carbons (Fsp3) is 0.857. The van der Waals surface area contributed by atoms with Gasteiger partial charge in [0.25, 0.3) is 0 Å². The number of aliphatic hydroxyl groups is 1. The Hall–Kier alpha value is -1.54. The number of aromatic nitrogens is 4. The SMILES string of the molecule is O=C(CCCn1cnnn1)N1CCC2(CC1)OCCC[C@H]2O. The Balaban J connectivity index is 1.43. The van der Waals surface area contributed by atoms with Crippen LogP contribution in [0.25, 0.3) is 0 Å². The molecule has 3 rings (SSSR count). The number of tetrazole rings is 1. The number of rotatable bonds is 4. The molecule has 0 unspecified atom stereocenters. The zero-order valence-electron chi connectivity index (χ0n) is 12.7. The molecule has 2 fully saturated rings. The number of aryl methyl sites for hydroxylation is 1. The summed E-state index contributed by atoms with van der Waals surface area (Å²) >= 11 is 0. The van der Waals surface area contributed by atoms with Crippen LogP contribution in [0.1, 0.15) is 38.5 Å². The highest BCUT2D eigenvalue weighted by Crippen LogP contribution is 2.35. The average molecular weight is 309 g/mol. The van der Waals surface area contributed by atoms with Crippen molar-refractivity contribution in [2.45, 2.75) is 56.8 Å². The molecular formula is C14H23N5O3. The van der Waals surface area contributed by atoms with Gasteiger partial charge in [-0.15, -0.1) is 5.10 Å². The molecule has 22 heavy (non-hydrogen) atoms. The predicted molar refractivity (Wildman–Crippen MR) is 76.8 cm³/mol. The van der Waals surface area contributed by atoms with Gasteiger partial charge in [0.05, 0.1) is 11.7 Å². The van der Waals surface area contributed by atoms with Gasteiger partial charge in [-0.2, -0.15) is 0 Å². The molecule has 0 aromatic carbocycles. The molecular weight excluding hydrogens is 286 g/mol. The van der Waals surface area contributed by atoms with E-state index in [0.29, 0.717) is 26.1 Å². The van der Waals surface area contributed by atoms with Crippen molar-refractivity contribution in [3.63, 3.8) is 0 Å². The molecule has 2 saturated heterocycles. The molecule has 3 heterocycles. The van der Waals surface area contributed by atoms with E-state index in [4.69, 9.17) is 4.74 Å². The molecule has 122 valence electrons. The fourth-order valence-corrected chi connectivity index (χ4v) is 3.36. The van der Waals surface area contributed by atoms with Crippen molar-refractivity contribution in [2.24, 2.45) is 0 Å². The maximum absolute atomic E-state index is 12.2. The van der Waals surface area contributed by atoms with Crippen LogP contribution in [0.4, 0.5) is 0 Å². The van der Waals surface area contributed by atoms with Crippen molar-refractivity contribution in [2.75, 3.05) is 19.7 Å². The van der Waals surface area contributed by atoms with Gasteiger partial charge < -0.3 is 14.7 Å². The largest absolute Gasteiger partial charge is 0.390 e. The molecule has 1 aromatic heterocycles. The number of ether oxygens (including phenoxy) is 1. The van der Waals surface area contributed by atoms with Crippen molar-refractivity contribution < 1.29 is 14.6 Å². The summed E-state index contributed by atoms with van der Waals surface area (Å²) < 4.78 is 7.49. The minimum Gasteiger partial charge on any atom is -0.390 e. The summed E-state index contributed by atoms with van der Waals surface area (Å²) in [5, 5.41) is 21.1. The normalized spacial score (nSPS) is 24.6. The van der Waals surface area contributed by atoms with Gasteiger partial charge in [0.15, 0.2) is 0 Å². The van der Waals surface area contributed by atoms with E-state index in [1.165, 1.54) is 0 Å². The molecule has 8 heteroatoms. The number of amides is 1. The average Bonchev–Trinajstić information content (AvgIpc) is 3.04. The first kappa shape index (κ1) is 15.4. The Morgan fingerprint density at radius 1 is 1.41 bits per heavy atom. The van der Waals surface area contributed by atoms with E-state index < -0.39 is 11.7 Å². The van der Waals surface area contributed by atoms with Crippen LogP contribution in [-0.4, -0.2) is 67.5 Å². The monoisotopic (exact) mass is 309 g/mol. The van der Waals surface area contributed by atoms with Crippen LogP contribution in [0.2, 0.25) is 0 Å². The lowest BCUT2D eigenvalue weighted by atomic mass is 9.82. The Kier molecular flexibility index (Phi) is 4.68. The fourth-order valence-electron chi connectivity index (χ4n) is 3.36. The first-order chi connectivity index (χ1) is 10.7. The Bertz CT molecular complexity index is 485. The molecule has 1 aromatic rings. The molecule has 8 nitrogen and oxygen atoms in total. The topological polar surface area (TPSA) is 93.4 Å². The van der Waals surface area contributed by atoms with Crippen molar-refractivity contribution >= 4 is 5.91 Å². The van der Waals surface area contributed by atoms with Gasteiger partial charge in [-0.05, 0) is 42.5 Å². The van der Waals surface area contributed by atoms with Gasteiger partial charge in [-0.1, -0.05) is 0 Å². The minimum atomic E-state index is -0.415. The summed E-state index contributed by atoms with van der Waals surface area (Å²) in [6.07, 6.45) is 5.57. The number of likely N-dealkylation sites (tertiary alicyclic amines) is 1. The highest BCUT2D eigenvalue weighted by atomic mass is 16.5. The standard InChI is InChI=1S/C14H23N5O3/c20-12-3-2-10-22-14(12)5-8-18(9-6-14)13(21)4-1-7-19-11-15-16-17-19/h11-12,20H,1-10H2/t12-/m1/s1. The van der Waals surface area contributed by atoms with Crippen molar-refractivity contribution in [1.82, 2.24) is 25.1 Å². The van der Waals surface area contributed by atoms with E-state index in [2.05, 4.69) is 15.5 Å². The van der Waals surface area contributed by atoms with Gasteiger partial charge in [0.2, 0.25) is 5.91 Å². The zero-order chi connectivity index (χ0) is 15.4. The molecule has 0 radical (unpaired) electrons. The number of hydrogen-bond acceptors (Lipinski definition) is 6. The number of carbonyl (C=O) groups excluding carboxylic acids is 1. The van der Waals surface area contributed by atoms with Gasteiger partial charge in [0, 0.05) is 32.7 Å². The highest BCUT2D eigenvalue weighted by molar-refractivity contribution is 5.76. The number of aliphatic hydroxyl groups excluding tert-OH is 1. The van der Waals surface area contributed by atoms with E-state index >= 15 is 0 Å². The third-order valence-corrected chi connectivity index (χ3v) is 4.75. The number of piperidine rings is 1. The van der Waals surface area contributed by atoms with E-state index in [1.807, 2.05) is 4.90 Å². The van der Waals surface area contributed by atoms with Crippen LogP contribution in [0.3, 0.4) is 0 Å². The summed E-state index contributed by atoms with van der Waals surface area (Å²) in [5.74, 6) is 0.160. The molecule has 0 aliphatic carbocycles. The second-order valence-corrected chi connectivity index (χ2v) is 6.13. The summed E-state index contributed by atoms with van der Waals surface area (Å²) in [7, 11) is 0. The first-order valence-electron chi connectivity index (χ1n) is 8.00. The first-order valence-corrected chi connectivity index (χ1v) is 8.00. The zero-order valence-corrected chi connectivity index (χ0v) is 12.7. The van der Waals surface area contributed by atoms with Gasteiger partial charge >= 0.3 is 0 Å². The molecule has 1 spiro atoms. The lowest BCUT2D eigenvalue weighted by Crippen LogP contribution is -2.56. The second-order valence-electron chi connectivity index (χ2n) is 6.13. The van der Waals surface area contributed by atoms with Crippen LogP contribution < -0.4 is 0 Å². The van der Waals surface area contributed by atoms with Crippen molar-refractivity contribution in [3.05, 3.63) is 6.33 Å². The van der Waals surface area contributed by atoms with E-state index in [1.54, 1.807) is 11.0 Å². The summed E-state index contributed by atoms with van der Waals surface area (Å²) in [4.78, 5) is 14.1. The summed E-state index contributed by atoms with van der Waals surface area (Å²) in [6.45, 7) is 2.71. The number of nitrogens with zero attached hydrogens (tertiary/aromatic N) is 5. The molecule has 2 aliphatic rings. The minimum absolute atomic E-state index is 0.160. The van der Waals surface area contributed by atoms with Crippen LogP contribution in [0.15, 0.2) is 6.33 Å². The smallest absolute Gasteiger partial charge is 0.222 e. The maximum atomic E-state index is 12.2. The third-order valence-electron chi connectivity index (χ3n) is 4.75. The Morgan fingerprint density at radius 2 is 2.23 bits per heavy atom. The van der Waals surface area contributed by atoms with Gasteiger partial charge in [0.1, 0.15) is 6.33 Å². The highest BCUT2D eigenvalue weighted by Gasteiger charge is 2.44. The van der Waals surface area contributed by atoms with Crippen LogP contribution >= 0.6 is 0 Å². The lowest BCUT2D eigenvalue weighted by Gasteiger charge is -2.46. The van der Waals surface area contributed by atoms with Gasteiger partial charge in [-0.3, -0.25) is 4.79 Å².